The lowest BCUT2D eigenvalue weighted by molar-refractivity contribution is 1.03. The lowest BCUT2D eigenvalue weighted by atomic mass is 10.1. The lowest BCUT2D eigenvalue weighted by Crippen LogP contribution is -2.03. The predicted octanol–water partition coefficient (Wildman–Crippen LogP) is 3.24. The van der Waals surface area contributed by atoms with Crippen LogP contribution >= 0.6 is 0 Å². The van der Waals surface area contributed by atoms with E-state index >= 15 is 0 Å². The van der Waals surface area contributed by atoms with Crippen LogP contribution in [0.4, 0.5) is 5.95 Å². The maximum absolute atomic E-state index is 4.32. The number of anilines is 1. The molecular weight excluding hydrogens is 236 g/mol. The van der Waals surface area contributed by atoms with Gasteiger partial charge >= 0.3 is 0 Å². The number of benzene rings is 1. The van der Waals surface area contributed by atoms with Gasteiger partial charge in [0.15, 0.2) is 0 Å². The SMILES string of the molecule is CC(=NNc1nc(C)cc(C)n1)c1ccc(C)cc1. The van der Waals surface area contributed by atoms with Crippen LogP contribution in [0.2, 0.25) is 0 Å². The molecule has 0 amide bonds. The maximum atomic E-state index is 4.32. The molecule has 2 rings (SSSR count). The quantitative estimate of drug-likeness (QED) is 0.675. The van der Waals surface area contributed by atoms with E-state index < -0.39 is 0 Å². The number of aromatic nitrogens is 2. The van der Waals surface area contributed by atoms with Gasteiger partial charge in [0.05, 0.1) is 5.71 Å². The van der Waals surface area contributed by atoms with Gasteiger partial charge in [0, 0.05) is 11.4 Å². The maximum Gasteiger partial charge on any atom is 0.243 e. The summed E-state index contributed by atoms with van der Waals surface area (Å²) in [7, 11) is 0. The van der Waals surface area contributed by atoms with Crippen molar-refractivity contribution in [3.63, 3.8) is 0 Å². The zero-order valence-electron chi connectivity index (χ0n) is 11.7. The first-order valence-electron chi connectivity index (χ1n) is 6.24. The van der Waals surface area contributed by atoms with Gasteiger partial charge < -0.3 is 0 Å². The van der Waals surface area contributed by atoms with Crippen molar-refractivity contribution in [3.8, 4) is 0 Å². The van der Waals surface area contributed by atoms with Crippen LogP contribution in [0, 0.1) is 20.8 Å². The highest BCUT2D eigenvalue weighted by molar-refractivity contribution is 5.99. The number of hydrogen-bond donors (Lipinski definition) is 1. The van der Waals surface area contributed by atoms with Crippen LogP contribution in [-0.2, 0) is 0 Å². The molecule has 4 nitrogen and oxygen atoms in total. The topological polar surface area (TPSA) is 50.2 Å². The summed E-state index contributed by atoms with van der Waals surface area (Å²) in [5.41, 5.74) is 7.99. The fraction of sp³-hybridized carbons (Fsp3) is 0.267. The van der Waals surface area contributed by atoms with E-state index in [4.69, 9.17) is 0 Å². The average molecular weight is 254 g/mol. The van der Waals surface area contributed by atoms with E-state index in [1.165, 1.54) is 5.56 Å². The molecule has 0 saturated heterocycles. The lowest BCUT2D eigenvalue weighted by Gasteiger charge is -2.04. The fourth-order valence-electron chi connectivity index (χ4n) is 1.77. The Hall–Kier alpha value is -2.23. The van der Waals surface area contributed by atoms with E-state index in [1.54, 1.807) is 0 Å². The summed E-state index contributed by atoms with van der Waals surface area (Å²) >= 11 is 0. The van der Waals surface area contributed by atoms with Crippen molar-refractivity contribution in [2.45, 2.75) is 27.7 Å². The zero-order chi connectivity index (χ0) is 13.8. The monoisotopic (exact) mass is 254 g/mol. The van der Waals surface area contributed by atoms with Crippen molar-refractivity contribution in [2.75, 3.05) is 5.43 Å². The Bertz CT molecular complexity index is 580. The van der Waals surface area contributed by atoms with Crippen molar-refractivity contribution in [1.82, 2.24) is 9.97 Å². The molecule has 98 valence electrons. The van der Waals surface area contributed by atoms with Crippen LogP contribution in [0.1, 0.15) is 29.4 Å². The van der Waals surface area contributed by atoms with Gasteiger partial charge in [-0.25, -0.2) is 15.4 Å². The molecule has 0 radical (unpaired) electrons. The minimum Gasteiger partial charge on any atom is -0.245 e. The molecule has 0 aliphatic carbocycles. The fourth-order valence-corrected chi connectivity index (χ4v) is 1.77. The Morgan fingerprint density at radius 3 is 2.16 bits per heavy atom. The van der Waals surface area contributed by atoms with E-state index in [2.05, 4.69) is 51.7 Å². The van der Waals surface area contributed by atoms with Crippen molar-refractivity contribution >= 4 is 11.7 Å². The second-order valence-electron chi connectivity index (χ2n) is 4.65. The molecule has 0 spiro atoms. The first-order chi connectivity index (χ1) is 9.04. The molecule has 4 heteroatoms. The van der Waals surface area contributed by atoms with Gasteiger partial charge in [-0.15, -0.1) is 0 Å². The Kier molecular flexibility index (Phi) is 3.90. The van der Waals surface area contributed by atoms with Crippen LogP contribution in [0.5, 0.6) is 0 Å². The summed E-state index contributed by atoms with van der Waals surface area (Å²) in [6.45, 7) is 7.91. The highest BCUT2D eigenvalue weighted by atomic mass is 15.4. The number of aryl methyl sites for hydroxylation is 3. The summed E-state index contributed by atoms with van der Waals surface area (Å²) in [4.78, 5) is 8.57. The Labute approximate surface area is 113 Å². The van der Waals surface area contributed by atoms with E-state index in [9.17, 15) is 0 Å². The van der Waals surface area contributed by atoms with Gasteiger partial charge in [0.25, 0.3) is 0 Å². The van der Waals surface area contributed by atoms with Crippen molar-refractivity contribution in [3.05, 3.63) is 52.8 Å². The molecule has 1 heterocycles. The third-order valence-electron chi connectivity index (χ3n) is 2.78. The van der Waals surface area contributed by atoms with Crippen molar-refractivity contribution < 1.29 is 0 Å². The van der Waals surface area contributed by atoms with Gasteiger partial charge in [-0.05, 0) is 39.3 Å². The van der Waals surface area contributed by atoms with Crippen LogP contribution in [0.25, 0.3) is 0 Å². The van der Waals surface area contributed by atoms with Gasteiger partial charge in [0.1, 0.15) is 0 Å². The molecule has 1 aromatic carbocycles. The van der Waals surface area contributed by atoms with Gasteiger partial charge in [-0.2, -0.15) is 5.10 Å². The molecule has 19 heavy (non-hydrogen) atoms. The molecule has 0 fully saturated rings. The Balaban J connectivity index is 2.15. The molecule has 0 aliphatic heterocycles. The Morgan fingerprint density at radius 1 is 1.00 bits per heavy atom. The number of nitrogens with one attached hydrogen (secondary N) is 1. The average Bonchev–Trinajstić information content (AvgIpc) is 2.36. The molecule has 0 unspecified atom stereocenters. The van der Waals surface area contributed by atoms with Crippen LogP contribution in [0.3, 0.4) is 0 Å². The largest absolute Gasteiger partial charge is 0.245 e. The summed E-state index contributed by atoms with van der Waals surface area (Å²) in [6, 6.07) is 10.2. The smallest absolute Gasteiger partial charge is 0.243 e. The first kappa shape index (κ1) is 13.2. The van der Waals surface area contributed by atoms with E-state index in [0.717, 1.165) is 22.7 Å². The number of hydrogen-bond acceptors (Lipinski definition) is 4. The van der Waals surface area contributed by atoms with E-state index in [1.807, 2.05) is 26.8 Å². The second-order valence-corrected chi connectivity index (χ2v) is 4.65. The molecule has 0 aliphatic rings. The van der Waals surface area contributed by atoms with Gasteiger partial charge in [-0.1, -0.05) is 29.8 Å². The Morgan fingerprint density at radius 2 is 1.58 bits per heavy atom. The third kappa shape index (κ3) is 3.61. The van der Waals surface area contributed by atoms with E-state index in [0.29, 0.717) is 5.95 Å². The highest BCUT2D eigenvalue weighted by Crippen LogP contribution is 2.07. The van der Waals surface area contributed by atoms with Crippen molar-refractivity contribution in [1.29, 1.82) is 0 Å². The van der Waals surface area contributed by atoms with Crippen molar-refractivity contribution in [2.24, 2.45) is 5.10 Å². The van der Waals surface area contributed by atoms with E-state index in [-0.39, 0.29) is 0 Å². The van der Waals surface area contributed by atoms with Gasteiger partial charge in [0.2, 0.25) is 5.95 Å². The standard InChI is InChI=1S/C15H18N4/c1-10-5-7-14(8-6-10)13(4)18-19-15-16-11(2)9-12(3)17-15/h5-9H,1-4H3,(H,16,17,19). The summed E-state index contributed by atoms with van der Waals surface area (Å²) in [5, 5.41) is 4.32. The highest BCUT2D eigenvalue weighted by Gasteiger charge is 2.00. The second kappa shape index (κ2) is 5.61. The molecule has 1 N–H and O–H groups in total. The van der Waals surface area contributed by atoms with Gasteiger partial charge in [-0.3, -0.25) is 0 Å². The molecule has 0 bridgehead atoms. The molecule has 1 aromatic heterocycles. The zero-order valence-corrected chi connectivity index (χ0v) is 11.7. The summed E-state index contributed by atoms with van der Waals surface area (Å²) in [5.74, 6) is 0.531. The number of nitrogens with zero attached hydrogens (tertiary/aromatic N) is 3. The minimum atomic E-state index is 0.531. The molecule has 0 saturated carbocycles. The normalized spacial score (nSPS) is 11.5. The van der Waals surface area contributed by atoms with Crippen LogP contribution in [-0.4, -0.2) is 15.7 Å². The number of rotatable bonds is 3. The first-order valence-corrected chi connectivity index (χ1v) is 6.24. The summed E-state index contributed by atoms with van der Waals surface area (Å²) < 4.78 is 0. The molecule has 0 atom stereocenters. The van der Waals surface area contributed by atoms with Crippen LogP contribution < -0.4 is 5.43 Å². The third-order valence-corrected chi connectivity index (χ3v) is 2.78. The molecule has 2 aromatic rings. The predicted molar refractivity (Wildman–Crippen MR) is 78.5 cm³/mol. The molecular formula is C15H18N4. The number of hydrazone groups is 1. The summed E-state index contributed by atoms with van der Waals surface area (Å²) in [6.07, 6.45) is 0. The minimum absolute atomic E-state index is 0.531. The van der Waals surface area contributed by atoms with Crippen LogP contribution in [0.15, 0.2) is 35.4 Å².